The number of piperazine rings is 1. The first-order valence-corrected chi connectivity index (χ1v) is 7.58. The Bertz CT molecular complexity index is 523. The van der Waals surface area contributed by atoms with Gasteiger partial charge in [-0.1, -0.05) is 12.1 Å². The van der Waals surface area contributed by atoms with Gasteiger partial charge in [0.05, 0.1) is 11.1 Å². The van der Waals surface area contributed by atoms with Crippen molar-refractivity contribution in [3.05, 3.63) is 35.4 Å². The fourth-order valence-corrected chi connectivity index (χ4v) is 3.11. The third-order valence-corrected chi connectivity index (χ3v) is 4.19. The van der Waals surface area contributed by atoms with Crippen molar-refractivity contribution in [3.63, 3.8) is 0 Å². The Labute approximate surface area is 124 Å². The lowest BCUT2D eigenvalue weighted by molar-refractivity contribution is 0.0645. The number of hydrogen-bond donors (Lipinski definition) is 1. The quantitative estimate of drug-likeness (QED) is 0.838. The molecule has 1 atom stereocenters. The maximum Gasteiger partial charge on any atom is 0.261 e. The molecule has 1 unspecified atom stereocenters. The zero-order chi connectivity index (χ0) is 14.8. The van der Waals surface area contributed by atoms with Crippen LogP contribution >= 0.6 is 0 Å². The molecule has 21 heavy (non-hydrogen) atoms. The zero-order valence-electron chi connectivity index (χ0n) is 12.3. The second-order valence-corrected chi connectivity index (χ2v) is 5.82. The highest BCUT2D eigenvalue weighted by Gasteiger charge is 2.34. The summed E-state index contributed by atoms with van der Waals surface area (Å²) >= 11 is 0. The molecule has 3 rings (SSSR count). The molecule has 2 aliphatic rings. The molecule has 0 saturated carbocycles. The van der Waals surface area contributed by atoms with Crippen LogP contribution in [0.25, 0.3) is 0 Å². The van der Waals surface area contributed by atoms with Gasteiger partial charge in [-0.3, -0.25) is 14.5 Å². The van der Waals surface area contributed by atoms with Gasteiger partial charge in [0.1, 0.15) is 0 Å². The van der Waals surface area contributed by atoms with E-state index in [4.69, 9.17) is 0 Å². The van der Waals surface area contributed by atoms with Crippen molar-refractivity contribution in [2.75, 3.05) is 32.7 Å². The van der Waals surface area contributed by atoms with Crippen LogP contribution in [-0.4, -0.2) is 60.4 Å². The van der Waals surface area contributed by atoms with Crippen molar-refractivity contribution in [1.82, 2.24) is 15.1 Å². The molecule has 0 radical (unpaired) electrons. The standard InChI is InChI=1S/C16H21N3O2/c1-12-11-18(10-7-17-12)8-4-9-19-15(20)13-5-2-3-6-14(13)16(19)21/h2-3,5-6,12,17H,4,7-11H2,1H3. The molecule has 1 aromatic rings. The molecule has 0 bridgehead atoms. The fourth-order valence-electron chi connectivity index (χ4n) is 3.11. The first-order chi connectivity index (χ1) is 10.2. The van der Waals surface area contributed by atoms with Crippen LogP contribution in [0.15, 0.2) is 24.3 Å². The number of nitrogens with one attached hydrogen (secondary N) is 1. The minimum atomic E-state index is -0.149. The number of nitrogens with zero attached hydrogens (tertiary/aromatic N) is 2. The maximum atomic E-state index is 12.2. The van der Waals surface area contributed by atoms with Gasteiger partial charge in [0.2, 0.25) is 0 Å². The Hall–Kier alpha value is -1.72. The maximum absolute atomic E-state index is 12.2. The molecule has 2 aliphatic heterocycles. The van der Waals surface area contributed by atoms with E-state index in [9.17, 15) is 9.59 Å². The van der Waals surface area contributed by atoms with Crippen LogP contribution in [0.1, 0.15) is 34.1 Å². The van der Waals surface area contributed by atoms with E-state index >= 15 is 0 Å². The molecule has 1 N–H and O–H groups in total. The number of rotatable bonds is 4. The third-order valence-electron chi connectivity index (χ3n) is 4.19. The lowest BCUT2D eigenvalue weighted by Gasteiger charge is -2.32. The molecule has 1 fully saturated rings. The molecule has 0 spiro atoms. The molecular formula is C16H21N3O2. The monoisotopic (exact) mass is 287 g/mol. The van der Waals surface area contributed by atoms with E-state index in [2.05, 4.69) is 17.1 Å². The lowest BCUT2D eigenvalue weighted by Crippen LogP contribution is -2.49. The topological polar surface area (TPSA) is 52.7 Å². The minimum Gasteiger partial charge on any atom is -0.312 e. The summed E-state index contributed by atoms with van der Waals surface area (Å²) in [5.41, 5.74) is 1.08. The predicted molar refractivity (Wildman–Crippen MR) is 80.3 cm³/mol. The van der Waals surface area contributed by atoms with Crippen molar-refractivity contribution < 1.29 is 9.59 Å². The molecule has 112 valence electrons. The summed E-state index contributed by atoms with van der Waals surface area (Å²) in [6.07, 6.45) is 0.832. The normalized spacial score (nSPS) is 22.7. The van der Waals surface area contributed by atoms with Gasteiger partial charge in [-0.15, -0.1) is 0 Å². The molecule has 1 aromatic carbocycles. The van der Waals surface area contributed by atoms with E-state index in [0.29, 0.717) is 23.7 Å². The highest BCUT2D eigenvalue weighted by Crippen LogP contribution is 2.22. The number of carbonyl (C=O) groups is 2. The van der Waals surface area contributed by atoms with E-state index in [1.807, 2.05) is 0 Å². The summed E-state index contributed by atoms with van der Waals surface area (Å²) in [5, 5.41) is 3.41. The molecule has 2 amide bonds. The number of imide groups is 1. The van der Waals surface area contributed by atoms with Crippen LogP contribution in [0.5, 0.6) is 0 Å². The second-order valence-electron chi connectivity index (χ2n) is 5.82. The zero-order valence-corrected chi connectivity index (χ0v) is 12.3. The third kappa shape index (κ3) is 2.84. The van der Waals surface area contributed by atoms with E-state index < -0.39 is 0 Å². The molecular weight excluding hydrogens is 266 g/mol. The second kappa shape index (κ2) is 5.95. The summed E-state index contributed by atoms with van der Waals surface area (Å²) in [6, 6.07) is 7.57. The SMILES string of the molecule is CC1CN(CCCN2C(=O)c3ccccc3C2=O)CCN1. The van der Waals surface area contributed by atoms with Gasteiger partial charge in [-0.2, -0.15) is 0 Å². The number of benzene rings is 1. The van der Waals surface area contributed by atoms with E-state index in [-0.39, 0.29) is 11.8 Å². The first kappa shape index (κ1) is 14.2. The van der Waals surface area contributed by atoms with Gasteiger partial charge >= 0.3 is 0 Å². The van der Waals surface area contributed by atoms with E-state index in [0.717, 1.165) is 32.6 Å². The van der Waals surface area contributed by atoms with Crippen molar-refractivity contribution >= 4 is 11.8 Å². The molecule has 5 heteroatoms. The summed E-state index contributed by atoms with van der Waals surface area (Å²) in [7, 11) is 0. The predicted octanol–water partition coefficient (Wildman–Crippen LogP) is 0.966. The average molecular weight is 287 g/mol. The first-order valence-electron chi connectivity index (χ1n) is 7.58. The van der Waals surface area contributed by atoms with E-state index in [1.54, 1.807) is 24.3 Å². The molecule has 1 saturated heterocycles. The van der Waals surface area contributed by atoms with Crippen LogP contribution in [0.4, 0.5) is 0 Å². The van der Waals surface area contributed by atoms with Crippen molar-refractivity contribution in [2.45, 2.75) is 19.4 Å². The van der Waals surface area contributed by atoms with Gasteiger partial charge in [0.15, 0.2) is 0 Å². The molecule has 5 nitrogen and oxygen atoms in total. The van der Waals surface area contributed by atoms with E-state index in [1.165, 1.54) is 4.90 Å². The largest absolute Gasteiger partial charge is 0.312 e. The van der Waals surface area contributed by atoms with Gasteiger partial charge in [0.25, 0.3) is 11.8 Å². The van der Waals surface area contributed by atoms with Crippen molar-refractivity contribution in [2.24, 2.45) is 0 Å². The molecule has 2 heterocycles. The number of carbonyl (C=O) groups excluding carboxylic acids is 2. The number of hydrogen-bond acceptors (Lipinski definition) is 4. The Morgan fingerprint density at radius 3 is 2.43 bits per heavy atom. The Kier molecular flexibility index (Phi) is 4.03. The summed E-state index contributed by atoms with van der Waals surface area (Å²) in [5.74, 6) is -0.298. The van der Waals surface area contributed by atoms with Crippen LogP contribution in [0.2, 0.25) is 0 Å². The Morgan fingerprint density at radius 2 is 1.81 bits per heavy atom. The van der Waals surface area contributed by atoms with Crippen LogP contribution < -0.4 is 5.32 Å². The van der Waals surface area contributed by atoms with Crippen LogP contribution in [0.3, 0.4) is 0 Å². The molecule has 0 aromatic heterocycles. The van der Waals surface area contributed by atoms with Gasteiger partial charge in [0, 0.05) is 32.2 Å². The van der Waals surface area contributed by atoms with Gasteiger partial charge < -0.3 is 10.2 Å². The van der Waals surface area contributed by atoms with Crippen LogP contribution in [0, 0.1) is 0 Å². The smallest absolute Gasteiger partial charge is 0.261 e. The van der Waals surface area contributed by atoms with Crippen molar-refractivity contribution in [3.8, 4) is 0 Å². The fraction of sp³-hybridized carbons (Fsp3) is 0.500. The lowest BCUT2D eigenvalue weighted by atomic mass is 10.1. The Balaban J connectivity index is 1.55. The highest BCUT2D eigenvalue weighted by atomic mass is 16.2. The van der Waals surface area contributed by atoms with Gasteiger partial charge in [-0.05, 0) is 32.0 Å². The number of fused-ring (bicyclic) bond motifs is 1. The summed E-state index contributed by atoms with van der Waals surface area (Å²) in [6.45, 7) is 6.68. The minimum absolute atomic E-state index is 0.149. The molecule has 0 aliphatic carbocycles. The summed E-state index contributed by atoms with van der Waals surface area (Å²) in [4.78, 5) is 28.2. The average Bonchev–Trinajstić information content (AvgIpc) is 2.73. The highest BCUT2D eigenvalue weighted by molar-refractivity contribution is 6.21. The van der Waals surface area contributed by atoms with Gasteiger partial charge in [-0.25, -0.2) is 0 Å². The Morgan fingerprint density at radius 1 is 1.14 bits per heavy atom. The summed E-state index contributed by atoms with van der Waals surface area (Å²) < 4.78 is 0. The van der Waals surface area contributed by atoms with Crippen LogP contribution in [-0.2, 0) is 0 Å². The number of amides is 2. The van der Waals surface area contributed by atoms with Crippen molar-refractivity contribution in [1.29, 1.82) is 0 Å².